The van der Waals surface area contributed by atoms with Crippen LogP contribution >= 0.6 is 0 Å². The van der Waals surface area contributed by atoms with Gasteiger partial charge < -0.3 is 5.73 Å². The fraction of sp³-hybridized carbons (Fsp3) is 1.00. The predicted octanol–water partition coefficient (Wildman–Crippen LogP) is 3.17. The summed E-state index contributed by atoms with van der Waals surface area (Å²) >= 11 is 0. The lowest BCUT2D eigenvalue weighted by Crippen LogP contribution is -2.58. The number of nitrogens with zero attached hydrogens (tertiary/aromatic N) is 1. The summed E-state index contributed by atoms with van der Waals surface area (Å²) in [6.45, 7) is 6.85. The Labute approximate surface area is 108 Å². The van der Waals surface area contributed by atoms with Crippen LogP contribution in [0.15, 0.2) is 0 Å². The summed E-state index contributed by atoms with van der Waals surface area (Å²) in [5.74, 6) is -1.27. The summed E-state index contributed by atoms with van der Waals surface area (Å²) in [6.07, 6.45) is -1.31. The van der Waals surface area contributed by atoms with Crippen LogP contribution in [0.25, 0.3) is 0 Å². The molecule has 0 aromatic carbocycles. The van der Waals surface area contributed by atoms with E-state index in [2.05, 4.69) is 13.8 Å². The number of nitrogens with two attached hydrogens (primary N) is 1. The first kappa shape index (κ1) is 15.8. The maximum Gasteiger partial charge on any atom is 0.393 e. The lowest BCUT2D eigenvalue weighted by Gasteiger charge is -2.47. The average molecular weight is 266 g/mol. The third-order valence-corrected chi connectivity index (χ3v) is 4.26. The number of hydrogen-bond acceptors (Lipinski definition) is 2. The van der Waals surface area contributed by atoms with Crippen LogP contribution in [-0.4, -0.2) is 35.7 Å². The monoisotopic (exact) mass is 266 g/mol. The molecular formula is C13H25F3N2. The Balaban J connectivity index is 2.82. The zero-order valence-electron chi connectivity index (χ0n) is 11.6. The molecule has 0 aliphatic carbocycles. The van der Waals surface area contributed by atoms with Crippen LogP contribution in [-0.2, 0) is 0 Å². The van der Waals surface area contributed by atoms with Crippen LogP contribution in [0.3, 0.4) is 0 Å². The maximum absolute atomic E-state index is 12.9. The van der Waals surface area contributed by atoms with Crippen molar-refractivity contribution >= 4 is 0 Å². The number of piperidine rings is 1. The molecule has 0 saturated carbocycles. The Hall–Kier alpha value is -0.290. The van der Waals surface area contributed by atoms with Crippen molar-refractivity contribution in [3.63, 3.8) is 0 Å². The van der Waals surface area contributed by atoms with Crippen LogP contribution in [0, 0.1) is 5.92 Å². The van der Waals surface area contributed by atoms with E-state index in [0.29, 0.717) is 6.54 Å². The van der Waals surface area contributed by atoms with Gasteiger partial charge in [0.1, 0.15) is 0 Å². The van der Waals surface area contributed by atoms with E-state index >= 15 is 0 Å². The van der Waals surface area contributed by atoms with Crippen LogP contribution in [0.5, 0.6) is 0 Å². The number of alkyl halides is 3. The topological polar surface area (TPSA) is 29.3 Å². The van der Waals surface area contributed by atoms with E-state index in [-0.39, 0.29) is 24.5 Å². The Bertz CT molecular complexity index is 267. The molecule has 1 heterocycles. The fourth-order valence-electron chi connectivity index (χ4n) is 2.91. The molecule has 1 aliphatic heterocycles. The van der Waals surface area contributed by atoms with Crippen molar-refractivity contribution < 1.29 is 13.2 Å². The zero-order valence-corrected chi connectivity index (χ0v) is 11.6. The van der Waals surface area contributed by atoms with Gasteiger partial charge in [0.2, 0.25) is 0 Å². The average Bonchev–Trinajstić information content (AvgIpc) is 2.27. The van der Waals surface area contributed by atoms with E-state index in [9.17, 15) is 13.2 Å². The molecule has 0 bridgehead atoms. The fourth-order valence-corrected chi connectivity index (χ4v) is 2.91. The van der Waals surface area contributed by atoms with E-state index in [1.165, 1.54) is 0 Å². The summed E-state index contributed by atoms with van der Waals surface area (Å²) in [5.41, 5.74) is 5.66. The normalized spacial score (nSPS) is 30.2. The number of hydrogen-bond donors (Lipinski definition) is 1. The van der Waals surface area contributed by atoms with Crippen molar-refractivity contribution in [1.29, 1.82) is 0 Å². The molecule has 1 saturated heterocycles. The Morgan fingerprint density at radius 1 is 1.22 bits per heavy atom. The van der Waals surface area contributed by atoms with Crippen molar-refractivity contribution in [2.45, 2.75) is 64.2 Å². The summed E-state index contributed by atoms with van der Waals surface area (Å²) in [4.78, 5) is 1.96. The maximum atomic E-state index is 12.9. The van der Waals surface area contributed by atoms with Gasteiger partial charge in [0.25, 0.3) is 0 Å². The van der Waals surface area contributed by atoms with Crippen LogP contribution in [0.2, 0.25) is 0 Å². The Morgan fingerprint density at radius 2 is 1.83 bits per heavy atom. The first-order chi connectivity index (χ1) is 8.23. The Morgan fingerprint density at radius 3 is 2.28 bits per heavy atom. The van der Waals surface area contributed by atoms with Gasteiger partial charge in [-0.05, 0) is 26.2 Å². The molecule has 1 fully saturated rings. The summed E-state index contributed by atoms with van der Waals surface area (Å²) < 4.78 is 38.7. The first-order valence-electron chi connectivity index (χ1n) is 6.80. The van der Waals surface area contributed by atoms with Gasteiger partial charge in [0.15, 0.2) is 0 Å². The van der Waals surface area contributed by atoms with E-state index in [0.717, 1.165) is 19.3 Å². The molecule has 0 radical (unpaired) electrons. The van der Waals surface area contributed by atoms with Crippen molar-refractivity contribution in [1.82, 2.24) is 4.90 Å². The lowest BCUT2D eigenvalue weighted by molar-refractivity contribution is -0.193. The molecule has 0 spiro atoms. The minimum absolute atomic E-state index is 0.0614. The molecule has 0 aromatic heterocycles. The van der Waals surface area contributed by atoms with Crippen LogP contribution in [0.4, 0.5) is 13.2 Å². The molecule has 0 aromatic rings. The van der Waals surface area contributed by atoms with E-state index in [4.69, 9.17) is 5.73 Å². The molecule has 1 rings (SSSR count). The second kappa shape index (κ2) is 5.78. The van der Waals surface area contributed by atoms with Gasteiger partial charge in [-0.2, -0.15) is 13.2 Å². The van der Waals surface area contributed by atoms with Crippen LogP contribution in [0.1, 0.15) is 46.5 Å². The van der Waals surface area contributed by atoms with E-state index < -0.39 is 12.1 Å². The van der Waals surface area contributed by atoms with Crippen molar-refractivity contribution in [2.24, 2.45) is 11.7 Å². The van der Waals surface area contributed by atoms with Crippen molar-refractivity contribution in [3.8, 4) is 0 Å². The minimum atomic E-state index is -4.13. The third kappa shape index (κ3) is 3.60. The molecule has 18 heavy (non-hydrogen) atoms. The van der Waals surface area contributed by atoms with Gasteiger partial charge in [-0.15, -0.1) is 0 Å². The summed E-state index contributed by atoms with van der Waals surface area (Å²) in [7, 11) is 0. The van der Waals surface area contributed by atoms with Gasteiger partial charge in [-0.3, -0.25) is 4.90 Å². The Kier molecular flexibility index (Phi) is 5.06. The lowest BCUT2D eigenvalue weighted by atomic mass is 9.85. The molecule has 0 amide bonds. The number of likely N-dealkylation sites (tertiary alicyclic amines) is 1. The van der Waals surface area contributed by atoms with Crippen LogP contribution < -0.4 is 5.73 Å². The second-order valence-electron chi connectivity index (χ2n) is 5.74. The van der Waals surface area contributed by atoms with Gasteiger partial charge in [0, 0.05) is 24.7 Å². The molecule has 108 valence electrons. The summed E-state index contributed by atoms with van der Waals surface area (Å²) in [6, 6.07) is -0.367. The zero-order chi connectivity index (χ0) is 14.0. The first-order valence-corrected chi connectivity index (χ1v) is 6.80. The van der Waals surface area contributed by atoms with E-state index in [1.54, 1.807) is 0 Å². The highest BCUT2D eigenvalue weighted by Gasteiger charge is 2.46. The highest BCUT2D eigenvalue weighted by Crippen LogP contribution is 2.37. The van der Waals surface area contributed by atoms with Gasteiger partial charge in [-0.25, -0.2) is 0 Å². The SMILES string of the molecule is CCCC(C)(CC)N1C[C@H](N)C[C@H](C(F)(F)F)C1. The molecule has 3 atom stereocenters. The molecule has 5 heteroatoms. The molecule has 2 N–H and O–H groups in total. The molecular weight excluding hydrogens is 241 g/mol. The number of halogens is 3. The molecule has 1 unspecified atom stereocenters. The van der Waals surface area contributed by atoms with Gasteiger partial charge in [0.05, 0.1) is 5.92 Å². The smallest absolute Gasteiger partial charge is 0.327 e. The molecule has 2 nitrogen and oxygen atoms in total. The number of rotatable bonds is 4. The highest BCUT2D eigenvalue weighted by molar-refractivity contribution is 4.93. The predicted molar refractivity (Wildman–Crippen MR) is 67.3 cm³/mol. The standard InChI is InChI=1S/C13H25F3N2/c1-4-6-12(3,5-2)18-8-10(13(14,15)16)7-11(17)9-18/h10-11H,4-9,17H2,1-3H3/t10-,11+,12?/m0/s1. The quantitative estimate of drug-likeness (QED) is 0.847. The van der Waals surface area contributed by atoms with Gasteiger partial charge in [-0.1, -0.05) is 20.3 Å². The van der Waals surface area contributed by atoms with Crippen molar-refractivity contribution in [2.75, 3.05) is 13.1 Å². The molecule has 1 aliphatic rings. The van der Waals surface area contributed by atoms with Crippen molar-refractivity contribution in [3.05, 3.63) is 0 Å². The van der Waals surface area contributed by atoms with Gasteiger partial charge >= 0.3 is 6.18 Å². The summed E-state index contributed by atoms with van der Waals surface area (Å²) in [5, 5.41) is 0. The van der Waals surface area contributed by atoms with E-state index in [1.807, 2.05) is 11.8 Å². The highest BCUT2D eigenvalue weighted by atomic mass is 19.4. The second-order valence-corrected chi connectivity index (χ2v) is 5.74. The largest absolute Gasteiger partial charge is 0.393 e. The minimum Gasteiger partial charge on any atom is -0.327 e. The third-order valence-electron chi connectivity index (χ3n) is 4.26.